The molecule has 1 aromatic heterocycles. The lowest BCUT2D eigenvalue weighted by atomic mass is 10.2. The molecule has 26 heavy (non-hydrogen) atoms. The molecule has 7 nitrogen and oxygen atoms in total. The van der Waals surface area contributed by atoms with Crippen molar-refractivity contribution in [3.8, 4) is 0 Å². The van der Waals surface area contributed by atoms with Gasteiger partial charge in [-0.05, 0) is 39.7 Å². The third-order valence-electron chi connectivity index (χ3n) is 3.82. The Kier molecular flexibility index (Phi) is 6.02. The second-order valence-corrected chi connectivity index (χ2v) is 8.49. The third kappa shape index (κ3) is 4.47. The molecule has 1 saturated heterocycles. The zero-order chi connectivity index (χ0) is 18.6. The van der Waals surface area contributed by atoms with Gasteiger partial charge in [0, 0.05) is 30.0 Å². The van der Waals surface area contributed by atoms with Crippen LogP contribution in [0.25, 0.3) is 0 Å². The van der Waals surface area contributed by atoms with E-state index in [1.165, 1.54) is 22.6 Å². The van der Waals surface area contributed by atoms with Crippen LogP contribution in [0.2, 0.25) is 0 Å². The van der Waals surface area contributed by atoms with E-state index in [1.807, 2.05) is 0 Å². The maximum atomic E-state index is 12.7. The minimum absolute atomic E-state index is 0.0299. The number of carbonyl (C=O) groups is 1. The Morgan fingerprint density at radius 2 is 2.00 bits per heavy atom. The van der Waals surface area contributed by atoms with E-state index in [2.05, 4.69) is 20.9 Å². The van der Waals surface area contributed by atoms with Crippen LogP contribution in [-0.2, 0) is 26.1 Å². The Labute approximate surface area is 160 Å². The van der Waals surface area contributed by atoms with E-state index in [1.54, 1.807) is 24.4 Å². The maximum absolute atomic E-state index is 12.7. The smallest absolute Gasteiger partial charge is 0.340 e. The normalized spacial score (nSPS) is 15.6. The Morgan fingerprint density at radius 3 is 2.73 bits per heavy atom. The third-order valence-corrected chi connectivity index (χ3v) is 6.15. The van der Waals surface area contributed by atoms with Gasteiger partial charge in [-0.1, -0.05) is 12.1 Å². The van der Waals surface area contributed by atoms with Gasteiger partial charge in [0.1, 0.15) is 6.61 Å². The highest BCUT2D eigenvalue weighted by Gasteiger charge is 2.26. The molecule has 2 heterocycles. The number of halogens is 1. The molecule has 1 aliphatic heterocycles. The highest BCUT2D eigenvalue weighted by molar-refractivity contribution is 9.10. The highest BCUT2D eigenvalue weighted by Crippen LogP contribution is 2.19. The quantitative estimate of drug-likeness (QED) is 0.662. The second-order valence-electron chi connectivity index (χ2n) is 5.63. The molecule has 0 atom stereocenters. The number of morpholine rings is 1. The fourth-order valence-corrected chi connectivity index (χ4v) is 4.33. The van der Waals surface area contributed by atoms with Crippen molar-refractivity contribution in [2.24, 2.45) is 0 Å². The van der Waals surface area contributed by atoms with Gasteiger partial charge in [-0.15, -0.1) is 0 Å². The van der Waals surface area contributed by atoms with E-state index < -0.39 is 16.0 Å². The van der Waals surface area contributed by atoms with E-state index >= 15 is 0 Å². The lowest BCUT2D eigenvalue weighted by Crippen LogP contribution is -2.40. The Bertz CT molecular complexity index is 898. The van der Waals surface area contributed by atoms with Gasteiger partial charge in [0.25, 0.3) is 0 Å². The molecule has 9 heteroatoms. The molecule has 2 aromatic rings. The molecule has 0 bridgehead atoms. The molecule has 0 N–H and O–H groups in total. The van der Waals surface area contributed by atoms with Crippen LogP contribution >= 0.6 is 15.9 Å². The fourth-order valence-electron chi connectivity index (χ4n) is 2.49. The van der Waals surface area contributed by atoms with Gasteiger partial charge in [0.2, 0.25) is 10.0 Å². The summed E-state index contributed by atoms with van der Waals surface area (Å²) in [6, 6.07) is 8.02. The van der Waals surface area contributed by atoms with Crippen molar-refractivity contribution in [1.82, 2.24) is 9.29 Å². The fraction of sp³-hybridized carbons (Fsp3) is 0.294. The summed E-state index contributed by atoms with van der Waals surface area (Å²) >= 11 is 3.25. The molecule has 0 saturated carbocycles. The van der Waals surface area contributed by atoms with Gasteiger partial charge >= 0.3 is 5.97 Å². The SMILES string of the molecule is O=C(OCc1cccc(S(=O)(=O)N2CCOCC2)c1)c1cncc(Br)c1. The predicted octanol–water partition coefficient (Wildman–Crippen LogP) is 2.22. The number of carbonyl (C=O) groups excluding carboxylic acids is 1. The summed E-state index contributed by atoms with van der Waals surface area (Å²) in [6.07, 6.45) is 2.98. The summed E-state index contributed by atoms with van der Waals surface area (Å²) < 4.78 is 37.9. The summed E-state index contributed by atoms with van der Waals surface area (Å²) in [6.45, 7) is 1.40. The average molecular weight is 441 g/mol. The van der Waals surface area contributed by atoms with Gasteiger partial charge < -0.3 is 9.47 Å². The summed E-state index contributed by atoms with van der Waals surface area (Å²) in [5.74, 6) is -0.528. The predicted molar refractivity (Wildman–Crippen MR) is 97.1 cm³/mol. The van der Waals surface area contributed by atoms with E-state index in [4.69, 9.17) is 9.47 Å². The molecule has 138 valence electrons. The number of esters is 1. The van der Waals surface area contributed by atoms with Crippen molar-refractivity contribution in [3.63, 3.8) is 0 Å². The van der Waals surface area contributed by atoms with Crippen molar-refractivity contribution in [2.75, 3.05) is 26.3 Å². The highest BCUT2D eigenvalue weighted by atomic mass is 79.9. The van der Waals surface area contributed by atoms with Crippen LogP contribution in [-0.4, -0.2) is 50.0 Å². The number of ether oxygens (including phenoxy) is 2. The Morgan fingerprint density at radius 1 is 1.23 bits per heavy atom. The molecular formula is C17H17BrN2O5S. The van der Waals surface area contributed by atoms with Crippen molar-refractivity contribution >= 4 is 31.9 Å². The molecule has 3 rings (SSSR count). The Balaban J connectivity index is 1.70. The van der Waals surface area contributed by atoms with E-state index in [0.29, 0.717) is 41.9 Å². The van der Waals surface area contributed by atoms with Crippen molar-refractivity contribution in [3.05, 3.63) is 58.3 Å². The van der Waals surface area contributed by atoms with E-state index in [9.17, 15) is 13.2 Å². The summed E-state index contributed by atoms with van der Waals surface area (Å²) in [4.78, 5) is 16.2. The summed E-state index contributed by atoms with van der Waals surface area (Å²) in [7, 11) is -3.58. The van der Waals surface area contributed by atoms with Gasteiger partial charge in [0.15, 0.2) is 0 Å². The van der Waals surface area contributed by atoms with Gasteiger partial charge in [0.05, 0.1) is 23.7 Å². The van der Waals surface area contributed by atoms with Crippen molar-refractivity contribution < 1.29 is 22.7 Å². The lowest BCUT2D eigenvalue weighted by molar-refractivity contribution is 0.0472. The lowest BCUT2D eigenvalue weighted by Gasteiger charge is -2.26. The molecule has 1 aromatic carbocycles. The molecular weight excluding hydrogens is 424 g/mol. The topological polar surface area (TPSA) is 85.8 Å². The van der Waals surface area contributed by atoms with Crippen LogP contribution in [0.1, 0.15) is 15.9 Å². The number of nitrogens with zero attached hydrogens (tertiary/aromatic N) is 2. The Hall–Kier alpha value is -1.81. The molecule has 0 aliphatic carbocycles. The average Bonchev–Trinajstić information content (AvgIpc) is 2.67. The van der Waals surface area contributed by atoms with E-state index in [-0.39, 0.29) is 11.5 Å². The molecule has 1 fully saturated rings. The molecule has 0 unspecified atom stereocenters. The van der Waals surface area contributed by atoms with Gasteiger partial charge in [-0.3, -0.25) is 4.98 Å². The number of aromatic nitrogens is 1. The molecule has 0 spiro atoms. The number of rotatable bonds is 5. The van der Waals surface area contributed by atoms with Crippen molar-refractivity contribution in [1.29, 1.82) is 0 Å². The number of sulfonamides is 1. The van der Waals surface area contributed by atoms with Gasteiger partial charge in [-0.25, -0.2) is 13.2 Å². The van der Waals surface area contributed by atoms with Crippen LogP contribution in [0.3, 0.4) is 0 Å². The van der Waals surface area contributed by atoms with Crippen LogP contribution < -0.4 is 0 Å². The monoisotopic (exact) mass is 440 g/mol. The largest absolute Gasteiger partial charge is 0.457 e. The summed E-state index contributed by atoms with van der Waals surface area (Å²) in [5.41, 5.74) is 0.909. The first-order valence-corrected chi connectivity index (χ1v) is 10.1. The van der Waals surface area contributed by atoms with Crippen molar-refractivity contribution in [2.45, 2.75) is 11.5 Å². The zero-order valence-corrected chi connectivity index (χ0v) is 16.2. The zero-order valence-electron chi connectivity index (χ0n) is 13.8. The standard InChI is InChI=1S/C17H17BrN2O5S/c18-15-9-14(10-19-11-15)17(21)25-12-13-2-1-3-16(8-13)26(22,23)20-4-6-24-7-5-20/h1-3,8-11H,4-7,12H2. The second kappa shape index (κ2) is 8.26. The van der Waals surface area contributed by atoms with Crippen LogP contribution in [0, 0.1) is 0 Å². The molecule has 0 amide bonds. The molecule has 0 radical (unpaired) electrons. The number of pyridine rings is 1. The maximum Gasteiger partial charge on any atom is 0.340 e. The number of hydrogen-bond acceptors (Lipinski definition) is 6. The first-order valence-electron chi connectivity index (χ1n) is 7.91. The van der Waals surface area contributed by atoms with Crippen LogP contribution in [0.4, 0.5) is 0 Å². The van der Waals surface area contributed by atoms with Crippen LogP contribution in [0.5, 0.6) is 0 Å². The van der Waals surface area contributed by atoms with Crippen LogP contribution in [0.15, 0.2) is 52.1 Å². The van der Waals surface area contributed by atoms with E-state index in [0.717, 1.165) is 0 Å². The first-order chi connectivity index (χ1) is 12.5. The summed E-state index contributed by atoms with van der Waals surface area (Å²) in [5, 5.41) is 0. The first kappa shape index (κ1) is 19.0. The minimum Gasteiger partial charge on any atom is -0.457 e. The van der Waals surface area contributed by atoms with Gasteiger partial charge in [-0.2, -0.15) is 4.31 Å². The molecule has 1 aliphatic rings. The number of hydrogen-bond donors (Lipinski definition) is 0. The minimum atomic E-state index is -3.58. The number of benzene rings is 1.